The monoisotopic (exact) mass is 534 g/mol. The first-order valence-corrected chi connectivity index (χ1v) is 11.1. The number of amides is 1. The predicted molar refractivity (Wildman–Crippen MR) is 131 cm³/mol. The number of halogens is 2. The average molecular weight is 535 g/mol. The number of benzene rings is 2. The van der Waals surface area contributed by atoms with Gasteiger partial charge in [-0.2, -0.15) is 9.78 Å². The van der Waals surface area contributed by atoms with E-state index in [1.165, 1.54) is 24.5 Å². The van der Waals surface area contributed by atoms with Gasteiger partial charge in [0, 0.05) is 22.4 Å². The van der Waals surface area contributed by atoms with Gasteiger partial charge >= 0.3 is 0 Å². The maximum absolute atomic E-state index is 14.4. The molecule has 0 saturated heterocycles. The van der Waals surface area contributed by atoms with E-state index >= 15 is 0 Å². The van der Waals surface area contributed by atoms with E-state index in [9.17, 15) is 14.0 Å². The van der Waals surface area contributed by atoms with Crippen molar-refractivity contribution in [2.24, 2.45) is 0 Å². The zero-order valence-electron chi connectivity index (χ0n) is 18.1. The van der Waals surface area contributed by atoms with Gasteiger partial charge in [0.25, 0.3) is 11.5 Å². The second kappa shape index (κ2) is 9.11. The SMILES string of the molecule is Cc1cc(=O)n(-c2ccc(Br)cc2F)nc1C(=O)Nc1ccc(Oc2ncnc3[nH]ccc23)cc1. The number of hydrogen-bond donors (Lipinski definition) is 2. The molecule has 0 fully saturated rings. The Kier molecular flexibility index (Phi) is 5.83. The Balaban J connectivity index is 1.37. The van der Waals surface area contributed by atoms with Crippen LogP contribution in [0.5, 0.6) is 11.6 Å². The predicted octanol–water partition coefficient (Wildman–Crippen LogP) is 4.76. The topological polar surface area (TPSA) is 115 Å². The first-order chi connectivity index (χ1) is 16.9. The number of aromatic amines is 1. The molecule has 174 valence electrons. The van der Waals surface area contributed by atoms with Crippen LogP contribution in [-0.2, 0) is 0 Å². The van der Waals surface area contributed by atoms with Crippen LogP contribution in [-0.4, -0.2) is 30.6 Å². The Bertz CT molecular complexity index is 1630. The van der Waals surface area contributed by atoms with Crippen molar-refractivity contribution >= 4 is 38.6 Å². The number of fused-ring (bicyclic) bond motifs is 1. The molecule has 0 aliphatic rings. The maximum Gasteiger partial charge on any atom is 0.276 e. The molecule has 35 heavy (non-hydrogen) atoms. The van der Waals surface area contributed by atoms with Gasteiger partial charge in [0.1, 0.15) is 29.2 Å². The van der Waals surface area contributed by atoms with E-state index in [-0.39, 0.29) is 11.4 Å². The fraction of sp³-hybridized carbons (Fsp3) is 0.0417. The Morgan fingerprint density at radius 1 is 1.11 bits per heavy atom. The summed E-state index contributed by atoms with van der Waals surface area (Å²) in [5.74, 6) is -0.291. The molecule has 3 heterocycles. The number of nitrogens with one attached hydrogen (secondary N) is 2. The summed E-state index contributed by atoms with van der Waals surface area (Å²) in [7, 11) is 0. The minimum atomic E-state index is -0.652. The van der Waals surface area contributed by atoms with Crippen molar-refractivity contribution in [2.45, 2.75) is 6.92 Å². The Morgan fingerprint density at radius 2 is 1.91 bits per heavy atom. The Hall–Kier alpha value is -4.38. The van der Waals surface area contributed by atoms with Gasteiger partial charge in [0.2, 0.25) is 5.88 Å². The number of anilines is 1. The number of aryl methyl sites for hydroxylation is 1. The lowest BCUT2D eigenvalue weighted by Gasteiger charge is -2.11. The molecule has 5 rings (SSSR count). The molecular weight excluding hydrogens is 519 g/mol. The standard InChI is InChI=1S/C24H16BrFN6O3/c1-13-10-20(33)32(19-7-2-14(25)11-18(19)26)31-21(13)23(34)30-15-3-5-16(6-4-15)35-24-17-8-9-27-22(17)28-12-29-24/h2-12H,1H3,(H,30,34)(H,27,28,29). The summed E-state index contributed by atoms with van der Waals surface area (Å²) in [6.07, 6.45) is 3.15. The third kappa shape index (κ3) is 4.53. The smallest absolute Gasteiger partial charge is 0.276 e. The zero-order chi connectivity index (χ0) is 24.5. The van der Waals surface area contributed by atoms with Crippen LogP contribution >= 0.6 is 15.9 Å². The summed E-state index contributed by atoms with van der Waals surface area (Å²) in [6.45, 7) is 1.59. The van der Waals surface area contributed by atoms with Gasteiger partial charge < -0.3 is 15.0 Å². The number of aromatic nitrogens is 5. The Morgan fingerprint density at radius 3 is 2.69 bits per heavy atom. The van der Waals surface area contributed by atoms with E-state index in [4.69, 9.17) is 4.74 Å². The fourth-order valence-corrected chi connectivity index (χ4v) is 3.76. The highest BCUT2D eigenvalue weighted by molar-refractivity contribution is 9.10. The molecule has 0 spiro atoms. The molecular formula is C24H16BrFN6O3. The van der Waals surface area contributed by atoms with Gasteiger partial charge in [0.05, 0.1) is 5.39 Å². The van der Waals surface area contributed by atoms with E-state index < -0.39 is 17.3 Å². The third-order valence-corrected chi connectivity index (χ3v) is 5.61. The summed E-state index contributed by atoms with van der Waals surface area (Å²) in [6, 6.07) is 13.9. The molecule has 11 heteroatoms. The normalized spacial score (nSPS) is 10.9. The van der Waals surface area contributed by atoms with Gasteiger partial charge in [-0.05, 0) is 61.0 Å². The number of carbonyl (C=O) groups excluding carboxylic acids is 1. The number of carbonyl (C=O) groups is 1. The molecule has 5 aromatic rings. The van der Waals surface area contributed by atoms with Gasteiger partial charge in [-0.15, -0.1) is 0 Å². The lowest BCUT2D eigenvalue weighted by molar-refractivity contribution is 0.102. The lowest BCUT2D eigenvalue weighted by atomic mass is 10.2. The summed E-state index contributed by atoms with van der Waals surface area (Å²) in [5.41, 5.74) is 0.873. The van der Waals surface area contributed by atoms with Crippen molar-refractivity contribution in [1.29, 1.82) is 0 Å². The third-order valence-electron chi connectivity index (χ3n) is 5.12. The summed E-state index contributed by atoms with van der Waals surface area (Å²) >= 11 is 3.18. The van der Waals surface area contributed by atoms with Crippen molar-refractivity contribution in [1.82, 2.24) is 24.7 Å². The van der Waals surface area contributed by atoms with E-state index in [1.807, 2.05) is 6.07 Å². The highest BCUT2D eigenvalue weighted by atomic mass is 79.9. The molecule has 9 nitrogen and oxygen atoms in total. The van der Waals surface area contributed by atoms with E-state index in [0.29, 0.717) is 33.0 Å². The van der Waals surface area contributed by atoms with Crippen LogP contribution in [0.1, 0.15) is 16.1 Å². The molecule has 0 atom stereocenters. The van der Waals surface area contributed by atoms with Crippen molar-refractivity contribution in [2.75, 3.05) is 5.32 Å². The van der Waals surface area contributed by atoms with E-state index in [1.54, 1.807) is 43.5 Å². The van der Waals surface area contributed by atoms with Crippen LogP contribution in [0.25, 0.3) is 16.7 Å². The summed E-state index contributed by atoms with van der Waals surface area (Å²) < 4.78 is 21.6. The number of H-pyrrole nitrogens is 1. The average Bonchev–Trinajstić information content (AvgIpc) is 3.31. The van der Waals surface area contributed by atoms with Crippen molar-refractivity contribution in [3.05, 3.63) is 99.0 Å². The van der Waals surface area contributed by atoms with Crippen LogP contribution < -0.4 is 15.6 Å². The van der Waals surface area contributed by atoms with Crippen molar-refractivity contribution in [3.63, 3.8) is 0 Å². The molecule has 0 aliphatic carbocycles. The number of nitrogens with zero attached hydrogens (tertiary/aromatic N) is 4. The summed E-state index contributed by atoms with van der Waals surface area (Å²) in [4.78, 5) is 36.6. The molecule has 0 bridgehead atoms. The van der Waals surface area contributed by atoms with E-state index in [0.717, 1.165) is 10.1 Å². The van der Waals surface area contributed by atoms with Crippen molar-refractivity contribution in [3.8, 4) is 17.3 Å². The minimum Gasteiger partial charge on any atom is -0.438 e. The molecule has 2 N–H and O–H groups in total. The number of rotatable bonds is 5. The number of ether oxygens (including phenoxy) is 1. The number of hydrogen-bond acceptors (Lipinski definition) is 6. The summed E-state index contributed by atoms with van der Waals surface area (Å²) in [5, 5.41) is 7.59. The second-order valence-electron chi connectivity index (χ2n) is 7.52. The molecule has 0 radical (unpaired) electrons. The van der Waals surface area contributed by atoms with Gasteiger partial charge in [-0.25, -0.2) is 14.4 Å². The first kappa shape index (κ1) is 22.4. The van der Waals surface area contributed by atoms with Crippen LogP contribution in [0, 0.1) is 12.7 Å². The molecule has 0 saturated carbocycles. The van der Waals surface area contributed by atoms with E-state index in [2.05, 4.69) is 41.3 Å². The molecule has 1 amide bonds. The van der Waals surface area contributed by atoms with Gasteiger partial charge in [-0.3, -0.25) is 9.59 Å². The highest BCUT2D eigenvalue weighted by Crippen LogP contribution is 2.27. The largest absolute Gasteiger partial charge is 0.438 e. The van der Waals surface area contributed by atoms with Crippen LogP contribution in [0.3, 0.4) is 0 Å². The molecule has 0 unspecified atom stereocenters. The molecule has 3 aromatic heterocycles. The first-order valence-electron chi connectivity index (χ1n) is 10.3. The van der Waals surface area contributed by atoms with Gasteiger partial charge in [-0.1, -0.05) is 15.9 Å². The molecule has 0 aliphatic heterocycles. The van der Waals surface area contributed by atoms with Gasteiger partial charge in [0.15, 0.2) is 5.69 Å². The fourth-order valence-electron chi connectivity index (χ4n) is 3.43. The van der Waals surface area contributed by atoms with Crippen LogP contribution in [0.4, 0.5) is 10.1 Å². The maximum atomic E-state index is 14.4. The second-order valence-corrected chi connectivity index (χ2v) is 8.44. The Labute approximate surface area is 205 Å². The lowest BCUT2D eigenvalue weighted by Crippen LogP contribution is -2.27. The molecule has 2 aromatic carbocycles. The van der Waals surface area contributed by atoms with Crippen LogP contribution in [0.15, 0.2) is 76.4 Å². The zero-order valence-corrected chi connectivity index (χ0v) is 19.7. The highest BCUT2D eigenvalue weighted by Gasteiger charge is 2.17. The van der Waals surface area contributed by atoms with Crippen LogP contribution in [0.2, 0.25) is 0 Å². The van der Waals surface area contributed by atoms with Crippen molar-refractivity contribution < 1.29 is 13.9 Å². The minimum absolute atomic E-state index is 0.0110. The quantitative estimate of drug-likeness (QED) is 0.336.